The lowest BCUT2D eigenvalue weighted by Gasteiger charge is -2.02. The Morgan fingerprint density at radius 3 is 2.61 bits per heavy atom. The first-order valence-corrected chi connectivity index (χ1v) is 5.09. The average molecular weight is 243 g/mol. The highest BCUT2D eigenvalue weighted by molar-refractivity contribution is 6.08. The maximum absolute atomic E-state index is 12.0. The van der Waals surface area contributed by atoms with Crippen LogP contribution in [-0.4, -0.2) is 15.7 Å². The first-order chi connectivity index (χ1) is 8.59. The fraction of sp³-hybridized carbons (Fsp3) is 0. The van der Waals surface area contributed by atoms with E-state index in [0.29, 0.717) is 0 Å². The molecule has 0 bridgehead atoms. The number of benzene rings is 1. The number of nitro benzene ring substituents is 1. The lowest BCUT2D eigenvalue weighted by atomic mass is 10.1. The van der Waals surface area contributed by atoms with Gasteiger partial charge in [-0.1, -0.05) is 6.07 Å². The number of ketones is 1. The van der Waals surface area contributed by atoms with Crippen LogP contribution in [0.15, 0.2) is 42.6 Å². The summed E-state index contributed by atoms with van der Waals surface area (Å²) in [4.78, 5) is 25.9. The third-order valence-electron chi connectivity index (χ3n) is 2.38. The van der Waals surface area contributed by atoms with Crippen LogP contribution < -0.4 is 5.73 Å². The number of anilines is 1. The minimum Gasteiger partial charge on any atom is -0.393 e. The van der Waals surface area contributed by atoms with Crippen LogP contribution in [0.4, 0.5) is 11.4 Å². The molecule has 0 saturated carbocycles. The Hall–Kier alpha value is -2.76. The highest BCUT2D eigenvalue weighted by atomic mass is 16.6. The summed E-state index contributed by atoms with van der Waals surface area (Å²) in [5.41, 5.74) is 5.81. The summed E-state index contributed by atoms with van der Waals surface area (Å²) in [5.74, 6) is -0.322. The van der Waals surface area contributed by atoms with Crippen molar-refractivity contribution in [2.45, 2.75) is 0 Å². The summed E-state index contributed by atoms with van der Waals surface area (Å²) in [6.45, 7) is 0. The molecule has 2 rings (SSSR count). The number of nitrogen functional groups attached to an aromatic ring is 1. The SMILES string of the molecule is Nc1cc(C(=O)c2ccccn2)ccc1[N+](=O)[O-]. The number of rotatable bonds is 3. The van der Waals surface area contributed by atoms with Gasteiger partial charge in [-0.2, -0.15) is 0 Å². The molecule has 1 aromatic heterocycles. The monoisotopic (exact) mass is 243 g/mol. The van der Waals surface area contributed by atoms with Crippen LogP contribution in [0.5, 0.6) is 0 Å². The molecule has 6 nitrogen and oxygen atoms in total. The van der Waals surface area contributed by atoms with Gasteiger partial charge in [-0.25, -0.2) is 0 Å². The van der Waals surface area contributed by atoms with E-state index in [1.54, 1.807) is 18.2 Å². The summed E-state index contributed by atoms with van der Waals surface area (Å²) >= 11 is 0. The molecule has 18 heavy (non-hydrogen) atoms. The summed E-state index contributed by atoms with van der Waals surface area (Å²) in [5, 5.41) is 10.6. The normalized spacial score (nSPS) is 10.0. The Morgan fingerprint density at radius 1 is 1.28 bits per heavy atom. The van der Waals surface area contributed by atoms with Gasteiger partial charge in [0.25, 0.3) is 5.69 Å². The Bertz CT molecular complexity index is 611. The first kappa shape index (κ1) is 11.7. The van der Waals surface area contributed by atoms with Crippen molar-refractivity contribution in [3.63, 3.8) is 0 Å². The Morgan fingerprint density at radius 2 is 2.06 bits per heavy atom. The molecular formula is C12H9N3O3. The fourth-order valence-corrected chi connectivity index (χ4v) is 1.51. The Balaban J connectivity index is 2.39. The average Bonchev–Trinajstić information content (AvgIpc) is 2.38. The molecule has 90 valence electrons. The van der Waals surface area contributed by atoms with Crippen LogP contribution in [-0.2, 0) is 0 Å². The minimum atomic E-state index is -0.593. The second-order valence-corrected chi connectivity index (χ2v) is 3.57. The smallest absolute Gasteiger partial charge is 0.292 e. The third kappa shape index (κ3) is 2.17. The maximum atomic E-state index is 12.0. The predicted molar refractivity (Wildman–Crippen MR) is 65.2 cm³/mol. The molecule has 1 aromatic carbocycles. The van der Waals surface area contributed by atoms with Gasteiger partial charge in [0.1, 0.15) is 11.4 Å². The van der Waals surface area contributed by atoms with E-state index >= 15 is 0 Å². The van der Waals surface area contributed by atoms with E-state index in [2.05, 4.69) is 4.98 Å². The second kappa shape index (κ2) is 4.62. The molecule has 2 aromatic rings. The molecule has 0 aliphatic heterocycles. The van der Waals surface area contributed by atoms with Gasteiger partial charge in [-0.15, -0.1) is 0 Å². The van der Waals surface area contributed by atoms with Crippen molar-refractivity contribution in [1.29, 1.82) is 0 Å². The Labute approximate surface area is 102 Å². The lowest BCUT2D eigenvalue weighted by molar-refractivity contribution is -0.383. The number of carbonyl (C=O) groups excluding carboxylic acids is 1. The summed E-state index contributed by atoms with van der Waals surface area (Å²) in [6.07, 6.45) is 1.50. The zero-order valence-electron chi connectivity index (χ0n) is 9.24. The van der Waals surface area contributed by atoms with Crippen molar-refractivity contribution < 1.29 is 9.72 Å². The van der Waals surface area contributed by atoms with E-state index in [4.69, 9.17) is 5.73 Å². The maximum Gasteiger partial charge on any atom is 0.292 e. The third-order valence-corrected chi connectivity index (χ3v) is 2.38. The van der Waals surface area contributed by atoms with Gasteiger partial charge >= 0.3 is 0 Å². The molecule has 0 aliphatic rings. The van der Waals surface area contributed by atoms with Crippen molar-refractivity contribution in [3.05, 3.63) is 64.0 Å². The van der Waals surface area contributed by atoms with Crippen LogP contribution in [0.2, 0.25) is 0 Å². The quantitative estimate of drug-likeness (QED) is 0.383. The fourth-order valence-electron chi connectivity index (χ4n) is 1.51. The van der Waals surface area contributed by atoms with E-state index < -0.39 is 4.92 Å². The highest BCUT2D eigenvalue weighted by Crippen LogP contribution is 2.23. The number of nitrogens with zero attached hydrogens (tertiary/aromatic N) is 2. The summed E-state index contributed by atoms with van der Waals surface area (Å²) in [6, 6.07) is 8.82. The number of hydrogen-bond donors (Lipinski definition) is 1. The number of aromatic nitrogens is 1. The van der Waals surface area contributed by atoms with Crippen LogP contribution >= 0.6 is 0 Å². The van der Waals surface area contributed by atoms with Gasteiger partial charge in [-0.05, 0) is 24.3 Å². The van der Waals surface area contributed by atoms with Gasteiger partial charge < -0.3 is 5.73 Å². The molecule has 1 heterocycles. The summed E-state index contributed by atoms with van der Waals surface area (Å²) in [7, 11) is 0. The number of nitro groups is 1. The van der Waals surface area contributed by atoms with Gasteiger partial charge in [0.15, 0.2) is 0 Å². The summed E-state index contributed by atoms with van der Waals surface area (Å²) < 4.78 is 0. The van der Waals surface area contributed by atoms with Crippen molar-refractivity contribution in [2.75, 3.05) is 5.73 Å². The number of carbonyl (C=O) groups is 1. The minimum absolute atomic E-state index is 0.0400. The zero-order chi connectivity index (χ0) is 13.1. The van der Waals surface area contributed by atoms with Crippen LogP contribution in [0, 0.1) is 10.1 Å². The molecule has 0 unspecified atom stereocenters. The van der Waals surface area contributed by atoms with Gasteiger partial charge in [0.2, 0.25) is 5.78 Å². The molecule has 0 atom stereocenters. The van der Waals surface area contributed by atoms with Crippen LogP contribution in [0.3, 0.4) is 0 Å². The largest absolute Gasteiger partial charge is 0.393 e. The molecule has 6 heteroatoms. The van der Waals surface area contributed by atoms with E-state index in [1.807, 2.05) is 0 Å². The van der Waals surface area contributed by atoms with E-state index in [-0.39, 0.29) is 28.4 Å². The van der Waals surface area contributed by atoms with E-state index in [9.17, 15) is 14.9 Å². The standard InChI is InChI=1S/C12H9N3O3/c13-9-7-8(4-5-11(9)15(17)18)12(16)10-3-1-2-6-14-10/h1-7H,13H2. The predicted octanol–water partition coefficient (Wildman–Crippen LogP) is 1.80. The number of nitrogens with two attached hydrogens (primary N) is 1. The van der Waals surface area contributed by atoms with Crippen molar-refractivity contribution in [2.24, 2.45) is 0 Å². The van der Waals surface area contributed by atoms with E-state index in [1.165, 1.54) is 24.4 Å². The van der Waals surface area contributed by atoms with Gasteiger partial charge in [0.05, 0.1) is 4.92 Å². The molecule has 0 fully saturated rings. The molecule has 2 N–H and O–H groups in total. The Kier molecular flexibility index (Phi) is 3.01. The van der Waals surface area contributed by atoms with Crippen molar-refractivity contribution in [3.8, 4) is 0 Å². The lowest BCUT2D eigenvalue weighted by Crippen LogP contribution is -2.05. The molecule has 0 aliphatic carbocycles. The molecule has 0 spiro atoms. The van der Waals surface area contributed by atoms with Crippen molar-refractivity contribution in [1.82, 2.24) is 4.98 Å². The molecule has 0 radical (unpaired) electrons. The number of hydrogen-bond acceptors (Lipinski definition) is 5. The number of pyridine rings is 1. The molecule has 0 saturated heterocycles. The topological polar surface area (TPSA) is 99.1 Å². The van der Waals surface area contributed by atoms with Gasteiger partial charge in [0, 0.05) is 17.8 Å². The van der Waals surface area contributed by atoms with Gasteiger partial charge in [-0.3, -0.25) is 19.9 Å². The second-order valence-electron chi connectivity index (χ2n) is 3.57. The van der Waals surface area contributed by atoms with Crippen LogP contribution in [0.25, 0.3) is 0 Å². The van der Waals surface area contributed by atoms with Crippen molar-refractivity contribution >= 4 is 17.2 Å². The van der Waals surface area contributed by atoms with Crippen LogP contribution in [0.1, 0.15) is 16.1 Å². The zero-order valence-corrected chi connectivity index (χ0v) is 9.24. The highest BCUT2D eigenvalue weighted by Gasteiger charge is 2.16. The molecule has 0 amide bonds. The van der Waals surface area contributed by atoms with E-state index in [0.717, 1.165) is 0 Å². The first-order valence-electron chi connectivity index (χ1n) is 5.09. The molecular weight excluding hydrogens is 234 g/mol.